The number of carbonyl (C=O) groups excluding carboxylic acids is 1. The molecule has 1 amide bonds. The average molecular weight is 272 g/mol. The lowest BCUT2D eigenvalue weighted by atomic mass is 9.89. The maximum atomic E-state index is 11.8. The van der Waals surface area contributed by atoms with Gasteiger partial charge in [-0.05, 0) is 25.8 Å². The monoisotopic (exact) mass is 272 g/mol. The van der Waals surface area contributed by atoms with Gasteiger partial charge in [0.15, 0.2) is 0 Å². The molecule has 0 bridgehead atoms. The first-order chi connectivity index (χ1) is 9.11. The van der Waals surface area contributed by atoms with Crippen LogP contribution in [-0.2, 0) is 9.53 Å². The van der Waals surface area contributed by atoms with Crippen molar-refractivity contribution in [2.24, 2.45) is 5.92 Å². The van der Waals surface area contributed by atoms with Crippen LogP contribution in [0.3, 0.4) is 0 Å². The minimum Gasteiger partial charge on any atom is -0.389 e. The number of aliphatic hydroxyl groups excluding tert-OH is 1. The highest BCUT2D eigenvalue weighted by atomic mass is 16.5. The largest absolute Gasteiger partial charge is 0.389 e. The van der Waals surface area contributed by atoms with Crippen molar-refractivity contribution in [3.8, 4) is 0 Å². The summed E-state index contributed by atoms with van der Waals surface area (Å²) in [5.41, 5.74) is 0. The SMILES string of the molecule is COCC(O)CN(C)CC(=O)NCC1CCCCC1. The molecule has 19 heavy (non-hydrogen) atoms. The van der Waals surface area contributed by atoms with E-state index in [-0.39, 0.29) is 5.91 Å². The van der Waals surface area contributed by atoms with Gasteiger partial charge in [-0.25, -0.2) is 0 Å². The molecule has 1 atom stereocenters. The predicted molar refractivity (Wildman–Crippen MR) is 75.0 cm³/mol. The second kappa shape index (κ2) is 9.28. The summed E-state index contributed by atoms with van der Waals surface area (Å²) in [7, 11) is 3.39. The van der Waals surface area contributed by atoms with Gasteiger partial charge in [-0.1, -0.05) is 19.3 Å². The van der Waals surface area contributed by atoms with Crippen LogP contribution >= 0.6 is 0 Å². The molecule has 0 aromatic carbocycles. The number of rotatable bonds is 8. The van der Waals surface area contributed by atoms with E-state index < -0.39 is 6.10 Å². The Labute approximate surface area is 116 Å². The molecule has 1 aliphatic carbocycles. The van der Waals surface area contributed by atoms with Gasteiger partial charge in [0.05, 0.1) is 19.3 Å². The van der Waals surface area contributed by atoms with E-state index in [0.717, 1.165) is 6.54 Å². The van der Waals surface area contributed by atoms with E-state index in [1.165, 1.54) is 32.1 Å². The zero-order valence-corrected chi connectivity index (χ0v) is 12.2. The molecule has 0 heterocycles. The summed E-state index contributed by atoms with van der Waals surface area (Å²) < 4.78 is 4.86. The van der Waals surface area contributed by atoms with Crippen molar-refractivity contribution < 1.29 is 14.6 Å². The van der Waals surface area contributed by atoms with Crippen molar-refractivity contribution >= 4 is 5.91 Å². The Morgan fingerprint density at radius 3 is 2.74 bits per heavy atom. The van der Waals surface area contributed by atoms with E-state index in [1.54, 1.807) is 7.11 Å². The highest BCUT2D eigenvalue weighted by molar-refractivity contribution is 5.77. The van der Waals surface area contributed by atoms with Crippen LogP contribution in [0.25, 0.3) is 0 Å². The van der Waals surface area contributed by atoms with Gasteiger partial charge in [-0.15, -0.1) is 0 Å². The van der Waals surface area contributed by atoms with Crippen molar-refractivity contribution in [1.82, 2.24) is 10.2 Å². The fourth-order valence-electron chi connectivity index (χ4n) is 2.62. The van der Waals surface area contributed by atoms with Gasteiger partial charge in [0, 0.05) is 20.2 Å². The van der Waals surface area contributed by atoms with Gasteiger partial charge in [-0.2, -0.15) is 0 Å². The molecule has 0 radical (unpaired) electrons. The number of hydrogen-bond acceptors (Lipinski definition) is 4. The fraction of sp³-hybridized carbons (Fsp3) is 0.929. The number of nitrogens with one attached hydrogen (secondary N) is 1. The minimum absolute atomic E-state index is 0.0395. The lowest BCUT2D eigenvalue weighted by Gasteiger charge is -2.23. The first-order valence-electron chi connectivity index (χ1n) is 7.24. The van der Waals surface area contributed by atoms with Crippen LogP contribution < -0.4 is 5.32 Å². The second-order valence-corrected chi connectivity index (χ2v) is 5.61. The van der Waals surface area contributed by atoms with E-state index in [0.29, 0.717) is 25.6 Å². The standard InChI is InChI=1S/C14H28N2O3/c1-16(9-13(17)11-19-2)10-14(18)15-8-12-6-4-3-5-7-12/h12-13,17H,3-11H2,1-2H3,(H,15,18). The molecule has 112 valence electrons. The highest BCUT2D eigenvalue weighted by Crippen LogP contribution is 2.22. The first kappa shape index (κ1) is 16.4. The maximum absolute atomic E-state index is 11.8. The van der Waals surface area contributed by atoms with E-state index in [2.05, 4.69) is 5.32 Å². The van der Waals surface area contributed by atoms with Crippen LogP contribution in [0.1, 0.15) is 32.1 Å². The van der Waals surface area contributed by atoms with Crippen LogP contribution in [0.15, 0.2) is 0 Å². The molecule has 0 aliphatic heterocycles. The van der Waals surface area contributed by atoms with Crippen molar-refractivity contribution in [2.75, 3.05) is 40.4 Å². The lowest BCUT2D eigenvalue weighted by Crippen LogP contribution is -2.41. The van der Waals surface area contributed by atoms with Crippen LogP contribution in [0.4, 0.5) is 0 Å². The molecule has 0 spiro atoms. The fourth-order valence-corrected chi connectivity index (χ4v) is 2.62. The molecule has 0 aromatic rings. The smallest absolute Gasteiger partial charge is 0.234 e. The number of likely N-dealkylation sites (N-methyl/N-ethyl adjacent to an activating group) is 1. The van der Waals surface area contributed by atoms with E-state index in [1.807, 2.05) is 11.9 Å². The lowest BCUT2D eigenvalue weighted by molar-refractivity contribution is -0.122. The first-order valence-corrected chi connectivity index (χ1v) is 7.24. The number of hydrogen-bond donors (Lipinski definition) is 2. The average Bonchev–Trinajstić information content (AvgIpc) is 2.37. The predicted octanol–water partition coefficient (Wildman–Crippen LogP) is 0.622. The van der Waals surface area contributed by atoms with Gasteiger partial charge in [0.2, 0.25) is 5.91 Å². The van der Waals surface area contributed by atoms with Gasteiger partial charge in [-0.3, -0.25) is 9.69 Å². The Morgan fingerprint density at radius 1 is 1.42 bits per heavy atom. The van der Waals surface area contributed by atoms with E-state index in [4.69, 9.17) is 4.74 Å². The Balaban J connectivity index is 2.11. The van der Waals surface area contributed by atoms with Gasteiger partial charge in [0.25, 0.3) is 0 Å². The van der Waals surface area contributed by atoms with E-state index in [9.17, 15) is 9.90 Å². The Morgan fingerprint density at radius 2 is 2.11 bits per heavy atom. The molecule has 5 heteroatoms. The van der Waals surface area contributed by atoms with Crippen molar-refractivity contribution in [1.29, 1.82) is 0 Å². The number of aliphatic hydroxyl groups is 1. The molecule has 5 nitrogen and oxygen atoms in total. The molecule has 2 N–H and O–H groups in total. The van der Waals surface area contributed by atoms with Crippen molar-refractivity contribution in [2.45, 2.75) is 38.2 Å². The summed E-state index contributed by atoms with van der Waals surface area (Å²) in [4.78, 5) is 13.6. The Kier molecular flexibility index (Phi) is 8.02. The number of carbonyl (C=O) groups is 1. The summed E-state index contributed by atoms with van der Waals surface area (Å²) in [6.45, 7) is 1.87. The third kappa shape index (κ3) is 7.50. The molecule has 1 aliphatic rings. The van der Waals surface area contributed by atoms with Gasteiger partial charge in [0.1, 0.15) is 0 Å². The van der Waals surface area contributed by atoms with Crippen molar-refractivity contribution in [3.63, 3.8) is 0 Å². The van der Waals surface area contributed by atoms with Gasteiger partial charge >= 0.3 is 0 Å². The summed E-state index contributed by atoms with van der Waals surface area (Å²) in [6, 6.07) is 0. The number of methoxy groups -OCH3 is 1. The third-order valence-electron chi connectivity index (χ3n) is 3.61. The maximum Gasteiger partial charge on any atom is 0.234 e. The molecule has 1 fully saturated rings. The number of amides is 1. The van der Waals surface area contributed by atoms with Crippen LogP contribution in [0.5, 0.6) is 0 Å². The second-order valence-electron chi connectivity index (χ2n) is 5.61. The molecular formula is C14H28N2O3. The molecule has 1 unspecified atom stereocenters. The van der Waals surface area contributed by atoms with E-state index >= 15 is 0 Å². The van der Waals surface area contributed by atoms with Crippen LogP contribution in [-0.4, -0.2) is 62.4 Å². The third-order valence-corrected chi connectivity index (χ3v) is 3.61. The molecular weight excluding hydrogens is 244 g/mol. The summed E-state index contributed by atoms with van der Waals surface area (Å²) >= 11 is 0. The van der Waals surface area contributed by atoms with Crippen LogP contribution in [0, 0.1) is 5.92 Å². The normalized spacial score (nSPS) is 18.5. The summed E-state index contributed by atoms with van der Waals surface area (Å²) in [5.74, 6) is 0.694. The summed E-state index contributed by atoms with van der Waals surface area (Å²) in [5, 5.41) is 12.6. The minimum atomic E-state index is -0.541. The Hall–Kier alpha value is -0.650. The quantitative estimate of drug-likeness (QED) is 0.680. The topological polar surface area (TPSA) is 61.8 Å². The number of ether oxygens (including phenoxy) is 1. The molecule has 1 rings (SSSR count). The van der Waals surface area contributed by atoms with Crippen molar-refractivity contribution in [3.05, 3.63) is 0 Å². The summed E-state index contributed by atoms with van der Waals surface area (Å²) in [6.07, 6.45) is 5.87. The zero-order valence-electron chi connectivity index (χ0n) is 12.2. The van der Waals surface area contributed by atoms with Gasteiger partial charge < -0.3 is 15.2 Å². The molecule has 1 saturated carbocycles. The molecule has 0 aromatic heterocycles. The highest BCUT2D eigenvalue weighted by Gasteiger charge is 2.15. The molecule has 0 saturated heterocycles. The Bertz CT molecular complexity index is 255. The zero-order chi connectivity index (χ0) is 14.1. The number of nitrogens with zero attached hydrogens (tertiary/aromatic N) is 1. The van der Waals surface area contributed by atoms with Crippen LogP contribution in [0.2, 0.25) is 0 Å².